The van der Waals surface area contributed by atoms with E-state index in [4.69, 9.17) is 0 Å². The molecule has 0 aliphatic heterocycles. The van der Waals surface area contributed by atoms with E-state index in [-0.39, 0.29) is 11.7 Å². The van der Waals surface area contributed by atoms with Crippen molar-refractivity contribution < 1.29 is 5.11 Å². The number of nitriles is 1. The first-order valence-corrected chi connectivity index (χ1v) is 14.6. The number of hydrogen-bond donors (Lipinski definition) is 1. The maximum atomic E-state index is 11.1. The topological polar surface area (TPSA) is 49.0 Å². The van der Waals surface area contributed by atoms with E-state index in [1.54, 1.807) is 6.07 Å². The number of aromatic hydroxyl groups is 1. The number of allylic oxidation sites excluding steroid dienone is 4. The van der Waals surface area contributed by atoms with E-state index < -0.39 is 0 Å². The minimum atomic E-state index is 0.215. The molecule has 8 rings (SSSR count). The lowest BCUT2D eigenvalue weighted by molar-refractivity contribution is 0.473. The van der Waals surface area contributed by atoms with Crippen molar-refractivity contribution in [2.45, 2.75) is 12.3 Å². The van der Waals surface area contributed by atoms with Crippen LogP contribution < -0.4 is 0 Å². The third-order valence-electron chi connectivity index (χ3n) is 8.25. The zero-order chi connectivity index (χ0) is 27.5. The summed E-state index contributed by atoms with van der Waals surface area (Å²) in [7, 11) is 0. The summed E-state index contributed by atoms with van der Waals surface area (Å²) >= 11 is 1.86. The molecule has 1 N–H and O–H groups in total. The van der Waals surface area contributed by atoms with Gasteiger partial charge in [-0.2, -0.15) is 5.26 Å². The van der Waals surface area contributed by atoms with E-state index in [0.717, 1.165) is 45.1 Å². The minimum absolute atomic E-state index is 0.215. The van der Waals surface area contributed by atoms with Gasteiger partial charge in [-0.15, -0.1) is 11.3 Å². The smallest absolute Gasteiger partial charge is 0.123 e. The lowest BCUT2D eigenvalue weighted by Crippen LogP contribution is -2.01. The van der Waals surface area contributed by atoms with Crippen LogP contribution in [-0.2, 0) is 0 Å². The van der Waals surface area contributed by atoms with Gasteiger partial charge in [0.2, 0.25) is 0 Å². The fraction of sp³-hybridized carbons (Fsp3) is 0.0541. The molecule has 0 saturated heterocycles. The van der Waals surface area contributed by atoms with Crippen molar-refractivity contribution in [1.82, 2.24) is 4.57 Å². The van der Waals surface area contributed by atoms with Crippen LogP contribution in [0.2, 0.25) is 0 Å². The van der Waals surface area contributed by atoms with Crippen molar-refractivity contribution in [3.05, 3.63) is 138 Å². The van der Waals surface area contributed by atoms with Crippen LogP contribution in [0.25, 0.3) is 53.2 Å². The van der Waals surface area contributed by atoms with Gasteiger partial charge in [0, 0.05) is 48.1 Å². The van der Waals surface area contributed by atoms with Crippen LogP contribution in [0.3, 0.4) is 0 Å². The van der Waals surface area contributed by atoms with Gasteiger partial charge in [-0.25, -0.2) is 0 Å². The molecule has 1 unspecified atom stereocenters. The molecule has 5 aromatic carbocycles. The summed E-state index contributed by atoms with van der Waals surface area (Å²) < 4.78 is 4.87. The molecule has 0 radical (unpaired) electrons. The Morgan fingerprint density at radius 2 is 1.59 bits per heavy atom. The van der Waals surface area contributed by atoms with Crippen molar-refractivity contribution in [2.75, 3.05) is 0 Å². The van der Waals surface area contributed by atoms with Gasteiger partial charge < -0.3 is 9.67 Å². The number of thiophene rings is 1. The highest BCUT2D eigenvalue weighted by Crippen LogP contribution is 2.43. The molecule has 41 heavy (non-hydrogen) atoms. The Morgan fingerprint density at radius 1 is 0.780 bits per heavy atom. The Hall–Kier alpha value is -5.11. The number of fused-ring (bicyclic) bond motifs is 6. The highest BCUT2D eigenvalue weighted by molar-refractivity contribution is 7.26. The SMILES string of the molecule is N#Cc1ccc2c(c1)c1ccccc1n2-c1ccc(O)c(C2=CC(c3cccc4c3sc3ccccc34)CC=C2)c1. The maximum absolute atomic E-state index is 11.1. The molecule has 4 heteroatoms. The molecule has 0 spiro atoms. The molecular weight excluding hydrogens is 520 g/mol. The van der Waals surface area contributed by atoms with Gasteiger partial charge in [0.1, 0.15) is 5.75 Å². The molecule has 0 amide bonds. The minimum Gasteiger partial charge on any atom is -0.507 e. The summed E-state index contributed by atoms with van der Waals surface area (Å²) in [6.45, 7) is 0. The van der Waals surface area contributed by atoms with Gasteiger partial charge in [-0.05, 0) is 66.1 Å². The van der Waals surface area contributed by atoms with Crippen LogP contribution in [0.1, 0.15) is 29.0 Å². The van der Waals surface area contributed by atoms with Crippen molar-refractivity contribution in [3.8, 4) is 17.5 Å². The molecule has 0 saturated carbocycles. The van der Waals surface area contributed by atoms with Gasteiger partial charge in [0.05, 0.1) is 22.7 Å². The molecule has 1 atom stereocenters. The Kier molecular flexibility index (Phi) is 5.35. The van der Waals surface area contributed by atoms with E-state index >= 15 is 0 Å². The van der Waals surface area contributed by atoms with Crippen molar-refractivity contribution >= 4 is 58.9 Å². The largest absolute Gasteiger partial charge is 0.507 e. The first-order chi connectivity index (χ1) is 20.2. The second kappa shape index (κ2) is 9.23. The second-order valence-electron chi connectivity index (χ2n) is 10.6. The summed E-state index contributed by atoms with van der Waals surface area (Å²) in [6.07, 6.45) is 7.59. The molecule has 194 valence electrons. The first kappa shape index (κ1) is 23.7. The van der Waals surface area contributed by atoms with E-state index in [2.05, 4.69) is 89.5 Å². The van der Waals surface area contributed by atoms with Gasteiger partial charge in [0.15, 0.2) is 0 Å². The zero-order valence-electron chi connectivity index (χ0n) is 22.1. The number of phenols is 1. The van der Waals surface area contributed by atoms with Crippen molar-refractivity contribution in [2.24, 2.45) is 0 Å². The normalized spacial score (nSPS) is 15.1. The zero-order valence-corrected chi connectivity index (χ0v) is 22.9. The highest BCUT2D eigenvalue weighted by atomic mass is 32.1. The predicted octanol–water partition coefficient (Wildman–Crippen LogP) is 9.86. The number of nitrogens with zero attached hydrogens (tertiary/aromatic N) is 2. The quantitative estimate of drug-likeness (QED) is 0.241. The van der Waals surface area contributed by atoms with Crippen LogP contribution in [0.15, 0.2) is 121 Å². The van der Waals surface area contributed by atoms with E-state index in [1.165, 1.54) is 25.7 Å². The molecule has 0 bridgehead atoms. The average molecular weight is 545 g/mol. The standard InChI is InChI=1S/C37H24N2OS/c38-22-23-15-17-34-32(19-23)28-9-1-3-13-33(28)39(34)26-16-18-35(40)31(21-26)25-8-5-7-24(20-25)27-11-6-12-30-29-10-2-4-14-36(29)41-37(27)30/h1-6,8-21,24,40H,7H2. The molecule has 3 nitrogen and oxygen atoms in total. The maximum Gasteiger partial charge on any atom is 0.123 e. The van der Waals surface area contributed by atoms with E-state index in [0.29, 0.717) is 5.56 Å². The van der Waals surface area contributed by atoms with Gasteiger partial charge >= 0.3 is 0 Å². The number of phenolic OH excluding ortho intramolecular Hbond substituents is 1. The fourth-order valence-corrected chi connectivity index (χ4v) is 7.63. The van der Waals surface area contributed by atoms with E-state index in [9.17, 15) is 10.4 Å². The molecule has 2 aromatic heterocycles. The molecular formula is C37H24N2OS. The van der Waals surface area contributed by atoms with Gasteiger partial charge in [0.25, 0.3) is 0 Å². The van der Waals surface area contributed by atoms with Crippen LogP contribution in [0.5, 0.6) is 5.75 Å². The molecule has 2 heterocycles. The summed E-state index contributed by atoms with van der Waals surface area (Å²) in [5, 5.41) is 25.4. The third kappa shape index (κ3) is 3.71. The molecule has 1 aliphatic rings. The summed E-state index contributed by atoms with van der Waals surface area (Å²) in [5.74, 6) is 0.477. The lowest BCUT2D eigenvalue weighted by atomic mass is 9.86. The Bertz CT molecular complexity index is 2270. The molecule has 1 aliphatic carbocycles. The summed E-state index contributed by atoms with van der Waals surface area (Å²) in [6, 6.07) is 37.5. The Balaban J connectivity index is 1.27. The van der Waals surface area contributed by atoms with Crippen molar-refractivity contribution in [1.29, 1.82) is 5.26 Å². The number of rotatable bonds is 3. The third-order valence-corrected chi connectivity index (χ3v) is 9.49. The van der Waals surface area contributed by atoms with E-state index in [1.807, 2.05) is 47.7 Å². The average Bonchev–Trinajstić information content (AvgIpc) is 3.57. The number of aromatic nitrogens is 1. The second-order valence-corrected chi connectivity index (χ2v) is 11.6. The lowest BCUT2D eigenvalue weighted by Gasteiger charge is -2.19. The Labute approximate surface area is 241 Å². The summed E-state index contributed by atoms with van der Waals surface area (Å²) in [5.41, 5.74) is 6.87. The highest BCUT2D eigenvalue weighted by Gasteiger charge is 2.20. The Morgan fingerprint density at radius 3 is 2.49 bits per heavy atom. The van der Waals surface area contributed by atoms with Crippen LogP contribution in [-0.4, -0.2) is 9.67 Å². The fourth-order valence-electron chi connectivity index (χ4n) is 6.35. The number of hydrogen-bond acceptors (Lipinski definition) is 3. The van der Waals surface area contributed by atoms with Gasteiger partial charge in [-0.1, -0.05) is 72.8 Å². The van der Waals surface area contributed by atoms with Gasteiger partial charge in [-0.3, -0.25) is 0 Å². The number of para-hydroxylation sites is 1. The first-order valence-electron chi connectivity index (χ1n) is 13.8. The number of benzene rings is 5. The summed E-state index contributed by atoms with van der Waals surface area (Å²) in [4.78, 5) is 0. The molecule has 0 fully saturated rings. The predicted molar refractivity (Wildman–Crippen MR) is 171 cm³/mol. The van der Waals surface area contributed by atoms with Crippen LogP contribution >= 0.6 is 11.3 Å². The monoisotopic (exact) mass is 544 g/mol. The van der Waals surface area contributed by atoms with Crippen LogP contribution in [0.4, 0.5) is 0 Å². The van der Waals surface area contributed by atoms with Crippen molar-refractivity contribution in [3.63, 3.8) is 0 Å². The molecule has 7 aromatic rings. The van der Waals surface area contributed by atoms with Crippen LogP contribution in [0, 0.1) is 11.3 Å².